The van der Waals surface area contributed by atoms with Crippen molar-refractivity contribution in [3.05, 3.63) is 0 Å². The lowest BCUT2D eigenvalue weighted by Gasteiger charge is -2.35. The third-order valence-corrected chi connectivity index (χ3v) is 4.28. The molecule has 1 rings (SSSR count). The highest BCUT2D eigenvalue weighted by molar-refractivity contribution is 5.80. The topological polar surface area (TPSA) is 38.3 Å². The summed E-state index contributed by atoms with van der Waals surface area (Å²) in [5.74, 6) is -0.0522. The van der Waals surface area contributed by atoms with Gasteiger partial charge in [0.1, 0.15) is 5.54 Å². The predicted molar refractivity (Wildman–Crippen MR) is 79.2 cm³/mol. The summed E-state index contributed by atoms with van der Waals surface area (Å²) in [6.45, 7) is 6.58. The third-order valence-electron chi connectivity index (χ3n) is 4.28. The zero-order valence-electron chi connectivity index (χ0n) is 13.0. The molecule has 0 heterocycles. The van der Waals surface area contributed by atoms with E-state index in [0.29, 0.717) is 12.6 Å². The van der Waals surface area contributed by atoms with Gasteiger partial charge in [0.05, 0.1) is 6.61 Å². The Morgan fingerprint density at radius 1 is 1.16 bits per heavy atom. The standard InChI is InChI=1S/C16H31NO2/c1-4-13-16(5-2,15(18)19-6-3)17-14-11-9-7-8-10-12-14/h14,17H,4-13H2,1-3H3. The van der Waals surface area contributed by atoms with Gasteiger partial charge in [-0.3, -0.25) is 10.1 Å². The van der Waals surface area contributed by atoms with Crippen molar-refractivity contribution in [2.45, 2.75) is 90.1 Å². The second-order valence-corrected chi connectivity index (χ2v) is 5.74. The lowest BCUT2D eigenvalue weighted by Crippen LogP contribution is -2.56. The Morgan fingerprint density at radius 2 is 1.79 bits per heavy atom. The quantitative estimate of drug-likeness (QED) is 0.564. The Hall–Kier alpha value is -0.570. The number of hydrogen-bond acceptors (Lipinski definition) is 3. The summed E-state index contributed by atoms with van der Waals surface area (Å²) >= 11 is 0. The minimum atomic E-state index is -0.459. The Kier molecular flexibility index (Phi) is 7.44. The molecule has 1 aliphatic carbocycles. The highest BCUT2D eigenvalue weighted by Crippen LogP contribution is 2.25. The summed E-state index contributed by atoms with van der Waals surface area (Å²) in [5.41, 5.74) is -0.459. The zero-order valence-corrected chi connectivity index (χ0v) is 13.0. The number of esters is 1. The van der Waals surface area contributed by atoms with E-state index in [1.807, 2.05) is 6.92 Å². The largest absolute Gasteiger partial charge is 0.465 e. The first kappa shape index (κ1) is 16.5. The number of carbonyl (C=O) groups is 1. The van der Waals surface area contributed by atoms with Crippen LogP contribution in [0, 0.1) is 0 Å². The smallest absolute Gasteiger partial charge is 0.326 e. The van der Waals surface area contributed by atoms with Crippen molar-refractivity contribution >= 4 is 5.97 Å². The summed E-state index contributed by atoms with van der Waals surface area (Å²) in [6.07, 6.45) is 10.3. The van der Waals surface area contributed by atoms with E-state index in [1.165, 1.54) is 38.5 Å². The molecule has 0 aromatic carbocycles. The number of hydrogen-bond donors (Lipinski definition) is 1. The minimum absolute atomic E-state index is 0.0522. The maximum Gasteiger partial charge on any atom is 0.326 e. The molecule has 112 valence electrons. The van der Waals surface area contributed by atoms with E-state index in [0.717, 1.165) is 19.3 Å². The Bertz CT molecular complexity index is 259. The molecule has 0 spiro atoms. The van der Waals surface area contributed by atoms with Crippen molar-refractivity contribution in [2.75, 3.05) is 6.61 Å². The summed E-state index contributed by atoms with van der Waals surface area (Å²) in [7, 11) is 0. The van der Waals surface area contributed by atoms with Crippen molar-refractivity contribution in [3.63, 3.8) is 0 Å². The fraction of sp³-hybridized carbons (Fsp3) is 0.938. The average molecular weight is 269 g/mol. The second kappa shape index (κ2) is 8.57. The lowest BCUT2D eigenvalue weighted by molar-refractivity contribution is -0.152. The van der Waals surface area contributed by atoms with E-state index in [2.05, 4.69) is 19.2 Å². The van der Waals surface area contributed by atoms with Crippen molar-refractivity contribution < 1.29 is 9.53 Å². The van der Waals surface area contributed by atoms with Crippen LogP contribution in [-0.2, 0) is 9.53 Å². The third kappa shape index (κ3) is 4.79. The van der Waals surface area contributed by atoms with Gasteiger partial charge in [-0.15, -0.1) is 0 Å². The fourth-order valence-corrected chi connectivity index (χ4v) is 3.17. The van der Waals surface area contributed by atoms with E-state index in [9.17, 15) is 4.79 Å². The molecule has 0 aromatic rings. The summed E-state index contributed by atoms with van der Waals surface area (Å²) in [5, 5.41) is 3.67. The van der Waals surface area contributed by atoms with Crippen LogP contribution in [0.2, 0.25) is 0 Å². The van der Waals surface area contributed by atoms with Gasteiger partial charge in [0, 0.05) is 6.04 Å². The van der Waals surface area contributed by atoms with Crippen LogP contribution >= 0.6 is 0 Å². The first-order chi connectivity index (χ1) is 9.18. The molecule has 1 aliphatic rings. The molecule has 0 radical (unpaired) electrons. The number of rotatable bonds is 7. The van der Waals surface area contributed by atoms with Crippen LogP contribution in [0.1, 0.15) is 78.6 Å². The molecule has 1 atom stereocenters. The molecule has 0 saturated heterocycles. The van der Waals surface area contributed by atoms with Gasteiger partial charge < -0.3 is 4.74 Å². The van der Waals surface area contributed by atoms with Crippen LogP contribution in [0.5, 0.6) is 0 Å². The summed E-state index contributed by atoms with van der Waals surface area (Å²) in [6, 6.07) is 0.485. The molecule has 0 amide bonds. The average Bonchev–Trinajstić information content (AvgIpc) is 2.67. The number of ether oxygens (including phenoxy) is 1. The Morgan fingerprint density at radius 3 is 2.26 bits per heavy atom. The molecule has 0 bridgehead atoms. The van der Waals surface area contributed by atoms with Crippen LogP contribution in [0.15, 0.2) is 0 Å². The molecule has 19 heavy (non-hydrogen) atoms. The summed E-state index contributed by atoms with van der Waals surface area (Å²) < 4.78 is 5.32. The molecular weight excluding hydrogens is 238 g/mol. The molecule has 1 fully saturated rings. The van der Waals surface area contributed by atoms with E-state index in [-0.39, 0.29) is 5.97 Å². The van der Waals surface area contributed by atoms with E-state index in [1.54, 1.807) is 0 Å². The van der Waals surface area contributed by atoms with Crippen molar-refractivity contribution in [3.8, 4) is 0 Å². The van der Waals surface area contributed by atoms with Gasteiger partial charge in [0.25, 0.3) is 0 Å². The zero-order chi connectivity index (χ0) is 14.1. The van der Waals surface area contributed by atoms with Crippen LogP contribution in [0.4, 0.5) is 0 Å². The van der Waals surface area contributed by atoms with Crippen molar-refractivity contribution in [2.24, 2.45) is 0 Å². The Labute approximate surface area is 118 Å². The maximum absolute atomic E-state index is 12.4. The Balaban J connectivity index is 2.73. The van der Waals surface area contributed by atoms with Gasteiger partial charge in [0.15, 0.2) is 0 Å². The minimum Gasteiger partial charge on any atom is -0.465 e. The van der Waals surface area contributed by atoms with Crippen LogP contribution in [-0.4, -0.2) is 24.2 Å². The molecular formula is C16H31NO2. The summed E-state index contributed by atoms with van der Waals surface area (Å²) in [4.78, 5) is 12.4. The molecule has 1 unspecified atom stereocenters. The van der Waals surface area contributed by atoms with Gasteiger partial charge >= 0.3 is 5.97 Å². The SMILES string of the molecule is CCCC(CC)(NC1CCCCCC1)C(=O)OCC. The van der Waals surface area contributed by atoms with Gasteiger partial charge in [-0.2, -0.15) is 0 Å². The van der Waals surface area contributed by atoms with E-state index < -0.39 is 5.54 Å². The molecule has 1 saturated carbocycles. The fourth-order valence-electron chi connectivity index (χ4n) is 3.17. The van der Waals surface area contributed by atoms with Gasteiger partial charge in [-0.25, -0.2) is 0 Å². The lowest BCUT2D eigenvalue weighted by atomic mass is 9.88. The van der Waals surface area contributed by atoms with Gasteiger partial charge in [-0.1, -0.05) is 46.0 Å². The van der Waals surface area contributed by atoms with Gasteiger partial charge in [0.2, 0.25) is 0 Å². The molecule has 3 nitrogen and oxygen atoms in total. The molecule has 0 aromatic heterocycles. The predicted octanol–water partition coefficient (Wildman–Crippen LogP) is 3.81. The monoisotopic (exact) mass is 269 g/mol. The van der Waals surface area contributed by atoms with Crippen molar-refractivity contribution in [1.82, 2.24) is 5.32 Å². The highest BCUT2D eigenvalue weighted by atomic mass is 16.5. The molecule has 0 aliphatic heterocycles. The van der Waals surface area contributed by atoms with Crippen molar-refractivity contribution in [1.29, 1.82) is 0 Å². The van der Waals surface area contributed by atoms with Crippen LogP contribution < -0.4 is 5.32 Å². The van der Waals surface area contributed by atoms with E-state index >= 15 is 0 Å². The first-order valence-corrected chi connectivity index (χ1v) is 8.13. The molecule has 1 N–H and O–H groups in total. The van der Waals surface area contributed by atoms with Crippen LogP contribution in [0.3, 0.4) is 0 Å². The first-order valence-electron chi connectivity index (χ1n) is 8.13. The molecule has 3 heteroatoms. The van der Waals surface area contributed by atoms with Gasteiger partial charge in [-0.05, 0) is 32.6 Å². The van der Waals surface area contributed by atoms with E-state index in [4.69, 9.17) is 4.74 Å². The number of nitrogens with one attached hydrogen (secondary N) is 1. The second-order valence-electron chi connectivity index (χ2n) is 5.74. The highest BCUT2D eigenvalue weighted by Gasteiger charge is 2.38. The number of carbonyl (C=O) groups excluding carboxylic acids is 1. The normalized spacial score (nSPS) is 20.6. The maximum atomic E-state index is 12.4. The van der Waals surface area contributed by atoms with Crippen LogP contribution in [0.25, 0.3) is 0 Å².